The maximum atomic E-state index is 4.10. The first-order chi connectivity index (χ1) is 5.40. The molecule has 1 fully saturated rings. The van der Waals surface area contributed by atoms with Gasteiger partial charge in [-0.25, -0.2) is 0 Å². The summed E-state index contributed by atoms with van der Waals surface area (Å²) in [5, 5.41) is 13.5. The number of nitrogens with zero attached hydrogens (tertiary/aromatic N) is 2. The van der Waals surface area contributed by atoms with Crippen LogP contribution in [0.15, 0.2) is 0 Å². The summed E-state index contributed by atoms with van der Waals surface area (Å²) >= 11 is 1.69. The van der Waals surface area contributed by atoms with Gasteiger partial charge in [0.05, 0.1) is 0 Å². The lowest BCUT2D eigenvalue weighted by Gasteiger charge is -1.91. The first kappa shape index (κ1) is 7.03. The molecule has 0 atom stereocenters. The van der Waals surface area contributed by atoms with E-state index in [1.165, 1.54) is 17.8 Å². The van der Waals surface area contributed by atoms with Crippen molar-refractivity contribution in [3.05, 3.63) is 5.01 Å². The van der Waals surface area contributed by atoms with Crippen LogP contribution in [0.25, 0.3) is 0 Å². The van der Waals surface area contributed by atoms with Crippen LogP contribution in [-0.4, -0.2) is 16.7 Å². The molecule has 0 aliphatic heterocycles. The fourth-order valence-electron chi connectivity index (χ4n) is 0.952. The van der Waals surface area contributed by atoms with Crippen LogP contribution in [0.1, 0.15) is 30.7 Å². The van der Waals surface area contributed by atoms with Crippen LogP contribution in [0, 0.1) is 0 Å². The van der Waals surface area contributed by atoms with Crippen molar-refractivity contribution in [1.82, 2.24) is 10.2 Å². The third-order valence-electron chi connectivity index (χ3n) is 1.70. The Morgan fingerprint density at radius 2 is 2.36 bits per heavy atom. The number of anilines is 1. The Morgan fingerprint density at radius 3 is 3.00 bits per heavy atom. The molecule has 1 heterocycles. The Kier molecular flexibility index (Phi) is 1.77. The van der Waals surface area contributed by atoms with Crippen LogP contribution in [0.3, 0.4) is 0 Å². The predicted octanol–water partition coefficient (Wildman–Crippen LogP) is 1.85. The third kappa shape index (κ3) is 1.50. The van der Waals surface area contributed by atoms with E-state index in [1.54, 1.807) is 11.3 Å². The van der Waals surface area contributed by atoms with Crippen molar-refractivity contribution in [1.29, 1.82) is 0 Å². The van der Waals surface area contributed by atoms with Gasteiger partial charge in [-0.15, -0.1) is 10.2 Å². The van der Waals surface area contributed by atoms with Gasteiger partial charge < -0.3 is 5.32 Å². The topological polar surface area (TPSA) is 37.8 Å². The summed E-state index contributed by atoms with van der Waals surface area (Å²) in [6.07, 6.45) is 2.61. The van der Waals surface area contributed by atoms with E-state index in [1.807, 2.05) is 0 Å². The van der Waals surface area contributed by atoms with Gasteiger partial charge in [-0.05, 0) is 19.8 Å². The minimum Gasteiger partial charge on any atom is -0.360 e. The Bertz CT molecular complexity index is 242. The summed E-state index contributed by atoms with van der Waals surface area (Å²) in [6.45, 7) is 3.00. The van der Waals surface area contributed by atoms with Gasteiger partial charge >= 0.3 is 0 Å². The van der Waals surface area contributed by atoms with Crippen molar-refractivity contribution < 1.29 is 0 Å². The molecule has 1 saturated carbocycles. The van der Waals surface area contributed by atoms with Crippen LogP contribution in [0.2, 0.25) is 0 Å². The minimum atomic E-state index is 0.736. The molecule has 0 bridgehead atoms. The van der Waals surface area contributed by atoms with Crippen LogP contribution < -0.4 is 5.32 Å². The lowest BCUT2D eigenvalue weighted by molar-refractivity contribution is 0.971. The van der Waals surface area contributed by atoms with Crippen molar-refractivity contribution in [3.63, 3.8) is 0 Å². The number of rotatable bonds is 3. The lowest BCUT2D eigenvalue weighted by atomic mass is 10.5. The summed E-state index contributed by atoms with van der Waals surface area (Å²) in [6, 6.07) is 0. The molecule has 1 aliphatic rings. The van der Waals surface area contributed by atoms with E-state index in [9.17, 15) is 0 Å². The molecule has 1 aromatic rings. The Morgan fingerprint density at radius 1 is 1.55 bits per heavy atom. The highest BCUT2D eigenvalue weighted by Crippen LogP contribution is 2.41. The van der Waals surface area contributed by atoms with E-state index in [-0.39, 0.29) is 0 Å². The molecule has 0 amide bonds. The smallest absolute Gasteiger partial charge is 0.205 e. The number of hydrogen-bond donors (Lipinski definition) is 1. The Hall–Kier alpha value is -0.640. The van der Waals surface area contributed by atoms with Crippen molar-refractivity contribution >= 4 is 16.5 Å². The van der Waals surface area contributed by atoms with Gasteiger partial charge in [0.25, 0.3) is 0 Å². The molecule has 60 valence electrons. The quantitative estimate of drug-likeness (QED) is 0.750. The van der Waals surface area contributed by atoms with Crippen molar-refractivity contribution in [3.8, 4) is 0 Å². The second kappa shape index (κ2) is 2.77. The summed E-state index contributed by atoms with van der Waals surface area (Å²) in [4.78, 5) is 0. The highest BCUT2D eigenvalue weighted by Gasteiger charge is 2.27. The highest BCUT2D eigenvalue weighted by atomic mass is 32.1. The molecule has 1 N–H and O–H groups in total. The van der Waals surface area contributed by atoms with E-state index >= 15 is 0 Å². The fourth-order valence-corrected chi connectivity index (χ4v) is 1.93. The van der Waals surface area contributed by atoms with Crippen LogP contribution in [0.5, 0.6) is 0 Å². The molecule has 4 heteroatoms. The van der Waals surface area contributed by atoms with E-state index in [0.29, 0.717) is 0 Å². The van der Waals surface area contributed by atoms with Crippen molar-refractivity contribution in [2.75, 3.05) is 11.9 Å². The highest BCUT2D eigenvalue weighted by molar-refractivity contribution is 7.15. The largest absolute Gasteiger partial charge is 0.360 e. The second-order valence-corrected chi connectivity index (χ2v) is 3.76. The first-order valence-corrected chi connectivity index (χ1v) is 4.79. The molecule has 1 aromatic heterocycles. The maximum absolute atomic E-state index is 4.10. The average molecular weight is 169 g/mol. The zero-order valence-corrected chi connectivity index (χ0v) is 7.32. The van der Waals surface area contributed by atoms with Gasteiger partial charge in [-0.1, -0.05) is 11.3 Å². The van der Waals surface area contributed by atoms with E-state index in [4.69, 9.17) is 0 Å². The molecule has 0 aromatic carbocycles. The standard InChI is InChI=1S/C7H11N3S/c1-2-8-7-10-9-6(11-7)5-3-4-5/h5H,2-4H2,1H3,(H,8,10). The SMILES string of the molecule is CCNc1nnc(C2CC2)s1. The first-order valence-electron chi connectivity index (χ1n) is 3.97. The summed E-state index contributed by atoms with van der Waals surface area (Å²) < 4.78 is 0. The monoisotopic (exact) mass is 169 g/mol. The number of hydrogen-bond acceptors (Lipinski definition) is 4. The molecule has 0 unspecified atom stereocenters. The molecular weight excluding hydrogens is 158 g/mol. The van der Waals surface area contributed by atoms with E-state index in [0.717, 1.165) is 17.6 Å². The molecular formula is C7H11N3S. The molecule has 2 rings (SSSR count). The van der Waals surface area contributed by atoms with Crippen molar-refractivity contribution in [2.45, 2.75) is 25.7 Å². The van der Waals surface area contributed by atoms with E-state index < -0.39 is 0 Å². The summed E-state index contributed by atoms with van der Waals surface area (Å²) in [7, 11) is 0. The van der Waals surface area contributed by atoms with Gasteiger partial charge in [-0.2, -0.15) is 0 Å². The second-order valence-electron chi connectivity index (χ2n) is 2.75. The predicted molar refractivity (Wildman–Crippen MR) is 46.0 cm³/mol. The molecule has 0 saturated heterocycles. The minimum absolute atomic E-state index is 0.736. The van der Waals surface area contributed by atoms with Gasteiger partial charge in [0, 0.05) is 12.5 Å². The van der Waals surface area contributed by atoms with Crippen molar-refractivity contribution in [2.24, 2.45) is 0 Å². The maximum Gasteiger partial charge on any atom is 0.205 e. The number of nitrogens with one attached hydrogen (secondary N) is 1. The fraction of sp³-hybridized carbons (Fsp3) is 0.714. The third-order valence-corrected chi connectivity index (χ3v) is 2.74. The van der Waals surface area contributed by atoms with Crippen LogP contribution >= 0.6 is 11.3 Å². The van der Waals surface area contributed by atoms with E-state index in [2.05, 4.69) is 22.4 Å². The summed E-state index contributed by atoms with van der Waals surface area (Å²) in [5.74, 6) is 0.736. The zero-order valence-electron chi connectivity index (χ0n) is 6.50. The average Bonchev–Trinajstić information content (AvgIpc) is 2.75. The Balaban J connectivity index is 2.06. The van der Waals surface area contributed by atoms with Gasteiger partial charge in [0.1, 0.15) is 5.01 Å². The van der Waals surface area contributed by atoms with Crippen LogP contribution in [0.4, 0.5) is 5.13 Å². The van der Waals surface area contributed by atoms with Gasteiger partial charge in [-0.3, -0.25) is 0 Å². The molecule has 3 nitrogen and oxygen atoms in total. The summed E-state index contributed by atoms with van der Waals surface area (Å²) in [5.41, 5.74) is 0. The zero-order chi connectivity index (χ0) is 7.68. The number of aromatic nitrogens is 2. The van der Waals surface area contributed by atoms with Gasteiger partial charge in [0.2, 0.25) is 5.13 Å². The molecule has 0 spiro atoms. The molecule has 1 aliphatic carbocycles. The Labute approximate surface area is 69.8 Å². The lowest BCUT2D eigenvalue weighted by Crippen LogP contribution is -1.94. The molecule has 0 radical (unpaired) electrons. The normalized spacial score (nSPS) is 16.8. The van der Waals surface area contributed by atoms with Crippen LogP contribution in [-0.2, 0) is 0 Å². The molecule has 11 heavy (non-hydrogen) atoms. The van der Waals surface area contributed by atoms with Gasteiger partial charge in [0.15, 0.2) is 0 Å².